The quantitative estimate of drug-likeness (QED) is 0.453. The second kappa shape index (κ2) is 8.21. The molecule has 10 heteroatoms. The van der Waals surface area contributed by atoms with Crippen molar-refractivity contribution in [3.05, 3.63) is 65.0 Å². The van der Waals surface area contributed by atoms with E-state index in [9.17, 15) is 18.7 Å². The Morgan fingerprint density at radius 2 is 1.97 bits per heavy atom. The van der Waals surface area contributed by atoms with Crippen molar-refractivity contribution in [2.24, 2.45) is 0 Å². The molecule has 8 nitrogen and oxygen atoms in total. The number of rotatable bonds is 6. The maximum Gasteiger partial charge on any atom is 0.235 e. The Morgan fingerprint density at radius 3 is 2.74 bits per heavy atom. The Balaban J connectivity index is 1.69. The van der Waals surface area contributed by atoms with Crippen LogP contribution in [-0.2, 0) is 23.2 Å². The number of anilines is 1. The molecule has 174 valence electrons. The molecule has 34 heavy (non-hydrogen) atoms. The number of aromatic nitrogens is 5. The summed E-state index contributed by atoms with van der Waals surface area (Å²) >= 11 is 0. The third-order valence-electron chi connectivity index (χ3n) is 6.02. The maximum absolute atomic E-state index is 14.3. The van der Waals surface area contributed by atoms with Gasteiger partial charge in [0.1, 0.15) is 23.1 Å². The molecular weight excluding hydrogens is 442 g/mol. The van der Waals surface area contributed by atoms with Crippen LogP contribution < -0.4 is 5.32 Å². The van der Waals surface area contributed by atoms with Crippen LogP contribution in [0.5, 0.6) is 0 Å². The molecule has 0 saturated heterocycles. The summed E-state index contributed by atoms with van der Waals surface area (Å²) in [6.45, 7) is 3.62. The lowest BCUT2D eigenvalue weighted by atomic mass is 9.85. The fraction of sp³-hybridized carbons (Fsp3) is 0.292. The highest BCUT2D eigenvalue weighted by Crippen LogP contribution is 2.40. The minimum absolute atomic E-state index is 0.0365. The lowest BCUT2D eigenvalue weighted by molar-refractivity contribution is -0.119. The van der Waals surface area contributed by atoms with Gasteiger partial charge < -0.3 is 10.4 Å². The number of carbonyl (C=O) groups excluding carboxylic acids is 1. The van der Waals surface area contributed by atoms with Gasteiger partial charge in [-0.25, -0.2) is 28.4 Å². The number of fused-ring (bicyclic) bond motifs is 2. The van der Waals surface area contributed by atoms with Gasteiger partial charge in [0.2, 0.25) is 5.91 Å². The van der Waals surface area contributed by atoms with Gasteiger partial charge in [-0.05, 0) is 38.8 Å². The van der Waals surface area contributed by atoms with E-state index in [-0.39, 0.29) is 36.4 Å². The molecule has 0 bridgehead atoms. The van der Waals surface area contributed by atoms with Gasteiger partial charge in [-0.15, -0.1) is 0 Å². The molecule has 1 aliphatic rings. The number of amides is 1. The van der Waals surface area contributed by atoms with Gasteiger partial charge >= 0.3 is 0 Å². The second-order valence-electron chi connectivity index (χ2n) is 8.75. The fourth-order valence-corrected chi connectivity index (χ4v) is 4.26. The summed E-state index contributed by atoms with van der Waals surface area (Å²) in [5.41, 5.74) is 1.47. The first kappa shape index (κ1) is 22.0. The number of benzene rings is 1. The number of carbonyl (C=O) groups is 1. The van der Waals surface area contributed by atoms with Gasteiger partial charge in [0, 0.05) is 17.7 Å². The predicted molar refractivity (Wildman–Crippen MR) is 121 cm³/mol. The Labute approximate surface area is 193 Å². The summed E-state index contributed by atoms with van der Waals surface area (Å²) in [4.78, 5) is 26.0. The number of aliphatic hydroxyl groups excluding tert-OH is 1. The zero-order chi connectivity index (χ0) is 24.0. The maximum atomic E-state index is 14.3. The third-order valence-corrected chi connectivity index (χ3v) is 6.02. The normalized spacial score (nSPS) is 14.4. The average molecular weight is 464 g/mol. The summed E-state index contributed by atoms with van der Waals surface area (Å²) in [7, 11) is 0. The smallest absolute Gasteiger partial charge is 0.235 e. The lowest BCUT2D eigenvalue weighted by Gasteiger charge is -2.18. The molecule has 0 spiro atoms. The molecule has 1 aliphatic heterocycles. The number of aliphatic hydroxyl groups is 1. The molecule has 4 heterocycles. The van der Waals surface area contributed by atoms with Crippen molar-refractivity contribution in [1.82, 2.24) is 24.7 Å². The minimum Gasteiger partial charge on any atom is -0.396 e. The lowest BCUT2D eigenvalue weighted by Crippen LogP contribution is -2.28. The van der Waals surface area contributed by atoms with E-state index < -0.39 is 11.2 Å². The highest BCUT2D eigenvalue weighted by atomic mass is 19.1. The van der Waals surface area contributed by atoms with Crippen LogP contribution in [0.2, 0.25) is 0 Å². The summed E-state index contributed by atoms with van der Waals surface area (Å²) in [5, 5.41) is 17.1. The average Bonchev–Trinajstić information content (AvgIpc) is 3.27. The molecule has 0 fully saturated rings. The largest absolute Gasteiger partial charge is 0.396 e. The molecule has 4 aromatic rings. The molecule has 1 amide bonds. The van der Waals surface area contributed by atoms with Crippen molar-refractivity contribution in [3.63, 3.8) is 0 Å². The van der Waals surface area contributed by atoms with Gasteiger partial charge in [-0.3, -0.25) is 4.79 Å². The Hall–Kier alpha value is -3.79. The number of hydrogen-bond donors (Lipinski definition) is 2. The van der Waals surface area contributed by atoms with E-state index in [0.29, 0.717) is 46.5 Å². The second-order valence-corrected chi connectivity index (χ2v) is 8.75. The molecule has 3 aromatic heterocycles. The highest BCUT2D eigenvalue weighted by molar-refractivity contribution is 6.05. The molecule has 5 rings (SSSR count). The van der Waals surface area contributed by atoms with Crippen LogP contribution in [0.15, 0.2) is 36.5 Å². The van der Waals surface area contributed by atoms with Crippen molar-refractivity contribution < 1.29 is 18.7 Å². The van der Waals surface area contributed by atoms with E-state index in [2.05, 4.69) is 25.4 Å². The van der Waals surface area contributed by atoms with Crippen LogP contribution in [0.25, 0.3) is 22.6 Å². The van der Waals surface area contributed by atoms with Gasteiger partial charge in [-0.1, -0.05) is 18.2 Å². The highest BCUT2D eigenvalue weighted by Gasteiger charge is 2.42. The van der Waals surface area contributed by atoms with E-state index in [0.717, 1.165) is 6.20 Å². The SMILES string of the molecule is CC1(C)C(=O)Nc2nc(-c3nn(Cc4ccccc4F)c4ncc(F)cc34)nc(CCCO)c21. The topological polar surface area (TPSA) is 106 Å². The number of nitrogens with zero attached hydrogens (tertiary/aromatic N) is 5. The number of hydrogen-bond acceptors (Lipinski definition) is 6. The van der Waals surface area contributed by atoms with Crippen molar-refractivity contribution in [2.75, 3.05) is 11.9 Å². The van der Waals surface area contributed by atoms with Crippen LogP contribution in [0.1, 0.15) is 37.1 Å². The van der Waals surface area contributed by atoms with Crippen molar-refractivity contribution >= 4 is 22.8 Å². The molecule has 0 unspecified atom stereocenters. The van der Waals surface area contributed by atoms with Crippen LogP contribution in [0.4, 0.5) is 14.6 Å². The van der Waals surface area contributed by atoms with Crippen molar-refractivity contribution in [3.8, 4) is 11.5 Å². The van der Waals surface area contributed by atoms with E-state index >= 15 is 0 Å². The number of pyridine rings is 1. The Kier molecular flexibility index (Phi) is 5.32. The minimum atomic E-state index is -0.835. The van der Waals surface area contributed by atoms with Crippen molar-refractivity contribution in [2.45, 2.75) is 38.6 Å². The standard InChI is InChI=1S/C24H22F2N6O2/c1-24(2)18-17(8-5-9-33)28-21(29-20(18)30-23(24)34)19-15-10-14(25)11-27-22(15)32(31-19)12-13-6-3-4-7-16(13)26/h3-4,6-7,10-11,33H,5,8-9,12H2,1-2H3,(H,28,29,30,34). The number of halogens is 2. The number of aryl methyl sites for hydroxylation is 1. The number of nitrogens with one attached hydrogen (secondary N) is 1. The van der Waals surface area contributed by atoms with Crippen LogP contribution in [0.3, 0.4) is 0 Å². The van der Waals surface area contributed by atoms with Gasteiger partial charge in [0.25, 0.3) is 0 Å². The van der Waals surface area contributed by atoms with Crippen LogP contribution in [-0.4, -0.2) is 42.4 Å². The Morgan fingerprint density at radius 1 is 1.18 bits per heavy atom. The third kappa shape index (κ3) is 3.60. The first-order chi connectivity index (χ1) is 16.3. The first-order valence-electron chi connectivity index (χ1n) is 10.9. The zero-order valence-electron chi connectivity index (χ0n) is 18.6. The summed E-state index contributed by atoms with van der Waals surface area (Å²) in [6, 6.07) is 7.61. The Bertz CT molecular complexity index is 1430. The summed E-state index contributed by atoms with van der Waals surface area (Å²) < 4.78 is 29.9. The molecule has 0 radical (unpaired) electrons. The van der Waals surface area contributed by atoms with E-state index in [1.54, 1.807) is 32.0 Å². The molecule has 0 aliphatic carbocycles. The van der Waals surface area contributed by atoms with E-state index in [1.807, 2.05) is 0 Å². The van der Waals surface area contributed by atoms with Gasteiger partial charge in [-0.2, -0.15) is 5.10 Å². The molecule has 0 saturated carbocycles. The predicted octanol–water partition coefficient (Wildman–Crippen LogP) is 3.37. The molecule has 0 atom stereocenters. The van der Waals surface area contributed by atoms with E-state index in [1.165, 1.54) is 16.8 Å². The zero-order valence-corrected chi connectivity index (χ0v) is 18.6. The fourth-order valence-electron chi connectivity index (χ4n) is 4.26. The van der Waals surface area contributed by atoms with Crippen LogP contribution in [0, 0.1) is 11.6 Å². The molecular formula is C24H22F2N6O2. The van der Waals surface area contributed by atoms with E-state index in [4.69, 9.17) is 0 Å². The summed E-state index contributed by atoms with van der Waals surface area (Å²) in [5.74, 6) is -0.597. The molecule has 1 aromatic carbocycles. The summed E-state index contributed by atoms with van der Waals surface area (Å²) in [6.07, 6.45) is 1.95. The van der Waals surface area contributed by atoms with Gasteiger partial charge in [0.05, 0.1) is 29.2 Å². The first-order valence-corrected chi connectivity index (χ1v) is 10.9. The molecule has 2 N–H and O–H groups in total. The van der Waals surface area contributed by atoms with Gasteiger partial charge in [0.15, 0.2) is 11.5 Å². The monoisotopic (exact) mass is 464 g/mol. The van der Waals surface area contributed by atoms with Crippen LogP contribution >= 0.6 is 0 Å². The van der Waals surface area contributed by atoms with Crippen molar-refractivity contribution in [1.29, 1.82) is 0 Å².